The molecule has 0 aliphatic rings. The van der Waals surface area contributed by atoms with Crippen LogP contribution in [-0.4, -0.2) is 43.2 Å². The number of carboxylic acid groups (broad SMARTS) is 1. The van der Waals surface area contributed by atoms with Crippen molar-refractivity contribution in [2.45, 2.75) is 38.5 Å². The third-order valence-electron chi connectivity index (χ3n) is 1.89. The summed E-state index contributed by atoms with van der Waals surface area (Å²) < 4.78 is 28.1. The fourth-order valence-electron chi connectivity index (χ4n) is 0.974. The van der Waals surface area contributed by atoms with E-state index in [9.17, 15) is 13.2 Å². The number of sulfone groups is 1. The first-order chi connectivity index (χ1) is 6.75. The summed E-state index contributed by atoms with van der Waals surface area (Å²) in [4.78, 5) is 10.3. The van der Waals surface area contributed by atoms with E-state index in [1.165, 1.54) is 6.92 Å². The second-order valence-corrected chi connectivity index (χ2v) is 6.23. The zero-order chi connectivity index (χ0) is 12.1. The monoisotopic (exact) mass is 238 g/mol. The van der Waals surface area contributed by atoms with Crippen molar-refractivity contribution in [3.8, 4) is 0 Å². The molecule has 0 aromatic rings. The Morgan fingerprint density at radius 1 is 1.33 bits per heavy atom. The van der Waals surface area contributed by atoms with Gasteiger partial charge in [-0.1, -0.05) is 0 Å². The predicted octanol–water partition coefficient (Wildman–Crippen LogP) is 0.689. The Labute approximate surface area is 90.4 Å². The molecule has 0 aromatic carbocycles. The van der Waals surface area contributed by atoms with Crippen molar-refractivity contribution in [1.82, 2.24) is 0 Å². The number of aliphatic carboxylic acids is 1. The van der Waals surface area contributed by atoms with E-state index in [-0.39, 0.29) is 24.9 Å². The maximum atomic E-state index is 11.5. The smallest absolute Gasteiger partial charge is 0.304 e. The molecule has 0 spiro atoms. The van der Waals surface area contributed by atoms with Crippen LogP contribution in [0, 0.1) is 0 Å². The minimum absolute atomic E-state index is 0.0185. The van der Waals surface area contributed by atoms with E-state index in [0.717, 1.165) is 0 Å². The molecule has 0 saturated heterocycles. The van der Waals surface area contributed by atoms with Crippen molar-refractivity contribution in [3.05, 3.63) is 0 Å². The summed E-state index contributed by atoms with van der Waals surface area (Å²) in [5, 5.41) is 7.61. The number of hydrogen-bond donors (Lipinski definition) is 1. The summed E-state index contributed by atoms with van der Waals surface area (Å²) in [7, 11) is -3.36. The molecule has 0 heterocycles. The number of carbonyl (C=O) groups is 1. The van der Waals surface area contributed by atoms with Gasteiger partial charge in [0.15, 0.2) is 9.84 Å². The fraction of sp³-hybridized carbons (Fsp3) is 0.889. The Morgan fingerprint density at radius 3 is 2.27 bits per heavy atom. The van der Waals surface area contributed by atoms with Gasteiger partial charge >= 0.3 is 5.97 Å². The lowest BCUT2D eigenvalue weighted by Crippen LogP contribution is -2.26. The van der Waals surface area contributed by atoms with E-state index in [2.05, 4.69) is 0 Å². The highest BCUT2D eigenvalue weighted by Gasteiger charge is 2.23. The minimum atomic E-state index is -3.36. The predicted molar refractivity (Wildman–Crippen MR) is 56.6 cm³/mol. The summed E-state index contributed by atoms with van der Waals surface area (Å²) in [6, 6.07) is 0. The zero-order valence-electron chi connectivity index (χ0n) is 9.26. The molecule has 0 amide bonds. The Morgan fingerprint density at radius 2 is 1.87 bits per heavy atom. The Kier molecular flexibility index (Phi) is 5.82. The number of carboxylic acids is 1. The van der Waals surface area contributed by atoms with Gasteiger partial charge in [0, 0.05) is 0 Å². The molecule has 0 radical (unpaired) electrons. The second kappa shape index (κ2) is 6.07. The van der Waals surface area contributed by atoms with Gasteiger partial charge in [0.05, 0.1) is 30.1 Å². The molecule has 0 aromatic heterocycles. The molecule has 0 aliphatic carbocycles. The molecule has 0 rings (SSSR count). The van der Waals surface area contributed by atoms with E-state index < -0.39 is 21.1 Å². The van der Waals surface area contributed by atoms with Gasteiger partial charge in [-0.25, -0.2) is 8.42 Å². The van der Waals surface area contributed by atoms with Crippen molar-refractivity contribution in [3.63, 3.8) is 0 Å². The van der Waals surface area contributed by atoms with Crippen LogP contribution in [0.1, 0.15) is 27.2 Å². The quantitative estimate of drug-likeness (QED) is 0.705. The first-order valence-corrected chi connectivity index (χ1v) is 6.52. The van der Waals surface area contributed by atoms with Crippen LogP contribution < -0.4 is 0 Å². The Bertz CT molecular complexity index is 294. The topological polar surface area (TPSA) is 80.7 Å². The number of ether oxygens (including phenoxy) is 1. The van der Waals surface area contributed by atoms with Crippen molar-refractivity contribution < 1.29 is 23.1 Å². The van der Waals surface area contributed by atoms with Gasteiger partial charge in [-0.2, -0.15) is 0 Å². The maximum absolute atomic E-state index is 11.5. The number of rotatable bonds is 7. The molecule has 0 saturated carbocycles. The summed E-state index contributed by atoms with van der Waals surface area (Å²) in [6.07, 6.45) is -0.376. The van der Waals surface area contributed by atoms with Gasteiger partial charge in [-0.3, -0.25) is 4.79 Å². The maximum Gasteiger partial charge on any atom is 0.304 e. The van der Waals surface area contributed by atoms with Gasteiger partial charge in [0.1, 0.15) is 0 Å². The number of hydrogen-bond acceptors (Lipinski definition) is 4. The van der Waals surface area contributed by atoms with E-state index in [4.69, 9.17) is 9.84 Å². The fourth-order valence-corrected chi connectivity index (χ4v) is 2.10. The Hall–Kier alpha value is -0.620. The standard InChI is InChI=1S/C9H18O5S/c1-7(2)14-4-5-15(12,13)8(3)6-9(10)11/h7-8H,4-6H2,1-3H3,(H,10,11). The van der Waals surface area contributed by atoms with Crippen LogP contribution in [0.4, 0.5) is 0 Å². The molecule has 0 aliphatic heterocycles. The van der Waals surface area contributed by atoms with Crippen LogP contribution in [-0.2, 0) is 19.4 Å². The first kappa shape index (κ1) is 14.4. The summed E-state index contributed by atoms with van der Waals surface area (Å²) in [6.45, 7) is 5.14. The molecule has 5 nitrogen and oxygen atoms in total. The van der Waals surface area contributed by atoms with E-state index in [1.807, 2.05) is 13.8 Å². The minimum Gasteiger partial charge on any atom is -0.481 e. The summed E-state index contributed by atoms with van der Waals surface area (Å²) in [5.41, 5.74) is 0. The van der Waals surface area contributed by atoms with Crippen LogP contribution in [0.25, 0.3) is 0 Å². The second-order valence-electron chi connectivity index (χ2n) is 3.70. The van der Waals surface area contributed by atoms with Crippen LogP contribution >= 0.6 is 0 Å². The highest BCUT2D eigenvalue weighted by molar-refractivity contribution is 7.92. The van der Waals surface area contributed by atoms with Crippen molar-refractivity contribution in [2.75, 3.05) is 12.4 Å². The molecule has 15 heavy (non-hydrogen) atoms. The first-order valence-electron chi connectivity index (χ1n) is 4.80. The molecule has 90 valence electrons. The average Bonchev–Trinajstić information content (AvgIpc) is 2.01. The lowest BCUT2D eigenvalue weighted by atomic mass is 10.3. The van der Waals surface area contributed by atoms with E-state index in [1.54, 1.807) is 0 Å². The average molecular weight is 238 g/mol. The molecular weight excluding hydrogens is 220 g/mol. The third kappa shape index (κ3) is 6.46. The normalized spacial score (nSPS) is 14.1. The lowest BCUT2D eigenvalue weighted by molar-refractivity contribution is -0.136. The molecule has 6 heteroatoms. The zero-order valence-corrected chi connectivity index (χ0v) is 10.1. The van der Waals surface area contributed by atoms with Gasteiger partial charge in [0.2, 0.25) is 0 Å². The van der Waals surface area contributed by atoms with Crippen molar-refractivity contribution >= 4 is 15.8 Å². The van der Waals surface area contributed by atoms with Crippen LogP contribution in [0.5, 0.6) is 0 Å². The highest BCUT2D eigenvalue weighted by Crippen LogP contribution is 2.07. The van der Waals surface area contributed by atoms with Crippen molar-refractivity contribution in [1.29, 1.82) is 0 Å². The molecule has 0 fully saturated rings. The molecule has 1 atom stereocenters. The van der Waals surface area contributed by atoms with Crippen molar-refractivity contribution in [2.24, 2.45) is 0 Å². The SMILES string of the molecule is CC(C)OCCS(=O)(=O)C(C)CC(=O)O. The largest absolute Gasteiger partial charge is 0.481 e. The molecular formula is C9H18O5S. The lowest BCUT2D eigenvalue weighted by Gasteiger charge is -2.12. The highest BCUT2D eigenvalue weighted by atomic mass is 32.2. The van der Waals surface area contributed by atoms with Crippen LogP contribution in [0.2, 0.25) is 0 Å². The summed E-state index contributed by atoms with van der Waals surface area (Å²) in [5.74, 6) is -1.23. The van der Waals surface area contributed by atoms with Gasteiger partial charge in [-0.15, -0.1) is 0 Å². The molecule has 1 N–H and O–H groups in total. The van der Waals surface area contributed by atoms with E-state index in [0.29, 0.717) is 0 Å². The van der Waals surface area contributed by atoms with Gasteiger partial charge < -0.3 is 9.84 Å². The van der Waals surface area contributed by atoms with E-state index >= 15 is 0 Å². The van der Waals surface area contributed by atoms with Crippen LogP contribution in [0.15, 0.2) is 0 Å². The van der Waals surface area contributed by atoms with Gasteiger partial charge in [0.25, 0.3) is 0 Å². The Balaban J connectivity index is 4.12. The van der Waals surface area contributed by atoms with Crippen LogP contribution in [0.3, 0.4) is 0 Å². The van der Waals surface area contributed by atoms with Gasteiger partial charge in [-0.05, 0) is 20.8 Å². The molecule has 1 unspecified atom stereocenters. The summed E-state index contributed by atoms with van der Waals surface area (Å²) >= 11 is 0. The molecule has 0 bridgehead atoms. The third-order valence-corrected chi connectivity index (χ3v) is 4.02.